The number of thiocarbonyl (C=S) groups is 1. The molecular formula is C20H21ClF3N5S. The molecule has 0 bridgehead atoms. The van der Waals surface area contributed by atoms with Crippen LogP contribution in [0.2, 0.25) is 5.02 Å². The smallest absolute Gasteiger partial charge is 0.184 e. The van der Waals surface area contributed by atoms with Crippen LogP contribution in [0.5, 0.6) is 0 Å². The Labute approximate surface area is 183 Å². The average molecular weight is 456 g/mol. The molecule has 2 aromatic rings. The number of nitrogens with one attached hydrogen (secondary N) is 1. The van der Waals surface area contributed by atoms with Gasteiger partial charge in [0.2, 0.25) is 0 Å². The fourth-order valence-electron chi connectivity index (χ4n) is 3.34. The van der Waals surface area contributed by atoms with Crippen molar-refractivity contribution >= 4 is 40.8 Å². The minimum atomic E-state index is -1.000. The van der Waals surface area contributed by atoms with E-state index in [1.165, 1.54) is 18.2 Å². The van der Waals surface area contributed by atoms with Crippen molar-refractivity contribution in [2.75, 3.05) is 31.1 Å². The van der Waals surface area contributed by atoms with Crippen LogP contribution < -0.4 is 16.1 Å². The van der Waals surface area contributed by atoms with E-state index in [0.717, 1.165) is 6.21 Å². The predicted octanol–water partition coefficient (Wildman–Crippen LogP) is 3.64. The van der Waals surface area contributed by atoms with Crippen LogP contribution in [0.25, 0.3) is 0 Å². The first kappa shape index (κ1) is 22.3. The van der Waals surface area contributed by atoms with E-state index in [2.05, 4.69) is 27.6 Å². The molecule has 30 heavy (non-hydrogen) atoms. The van der Waals surface area contributed by atoms with Gasteiger partial charge >= 0.3 is 0 Å². The van der Waals surface area contributed by atoms with Crippen LogP contribution in [0.15, 0.2) is 35.4 Å². The average Bonchev–Trinajstić information content (AvgIpc) is 2.93. The summed E-state index contributed by atoms with van der Waals surface area (Å²) in [4.78, 5) is 3.84. The van der Waals surface area contributed by atoms with Gasteiger partial charge in [0.05, 0.1) is 11.9 Å². The molecule has 0 atom stereocenters. The summed E-state index contributed by atoms with van der Waals surface area (Å²) in [5, 5.41) is 3.96. The van der Waals surface area contributed by atoms with E-state index in [1.807, 2.05) is 0 Å². The quantitative estimate of drug-likeness (QED) is 0.409. The third-order valence-corrected chi connectivity index (χ3v) is 5.29. The van der Waals surface area contributed by atoms with Crippen LogP contribution in [-0.4, -0.2) is 42.4 Å². The Morgan fingerprint density at radius 2 is 1.93 bits per heavy atom. The number of benzene rings is 2. The zero-order valence-electron chi connectivity index (χ0n) is 16.0. The second-order valence-corrected chi connectivity index (χ2v) is 7.70. The van der Waals surface area contributed by atoms with Crippen LogP contribution in [0.1, 0.15) is 17.5 Å². The van der Waals surface area contributed by atoms with Gasteiger partial charge in [0.25, 0.3) is 0 Å². The molecule has 1 heterocycles. The Hall–Kier alpha value is -2.36. The summed E-state index contributed by atoms with van der Waals surface area (Å²) in [6, 6.07) is 7.57. The predicted molar refractivity (Wildman–Crippen MR) is 117 cm³/mol. The maximum Gasteiger partial charge on any atom is 0.184 e. The van der Waals surface area contributed by atoms with Crippen LogP contribution in [0.3, 0.4) is 0 Å². The molecule has 10 heteroatoms. The largest absolute Gasteiger partial charge is 0.375 e. The van der Waals surface area contributed by atoms with E-state index in [9.17, 15) is 13.2 Å². The van der Waals surface area contributed by atoms with Crippen molar-refractivity contribution in [3.63, 3.8) is 0 Å². The Balaban J connectivity index is 1.70. The molecule has 0 saturated carbocycles. The molecule has 2 aromatic carbocycles. The highest BCUT2D eigenvalue weighted by atomic mass is 35.5. The number of nitrogens with zero attached hydrogens (tertiary/aromatic N) is 3. The molecule has 0 amide bonds. The summed E-state index contributed by atoms with van der Waals surface area (Å²) in [6.45, 7) is 2.64. The molecule has 3 N–H and O–H groups in total. The summed E-state index contributed by atoms with van der Waals surface area (Å²) in [5.74, 6) is -2.29. The molecule has 160 valence electrons. The van der Waals surface area contributed by atoms with Gasteiger partial charge in [-0.15, -0.1) is 0 Å². The first-order chi connectivity index (χ1) is 14.4. The number of hydrogen-bond donors (Lipinski definition) is 2. The molecule has 1 aliphatic heterocycles. The van der Waals surface area contributed by atoms with Gasteiger partial charge in [-0.25, -0.2) is 13.2 Å². The van der Waals surface area contributed by atoms with E-state index in [4.69, 9.17) is 17.3 Å². The molecule has 5 nitrogen and oxygen atoms in total. The van der Waals surface area contributed by atoms with Crippen molar-refractivity contribution in [3.05, 3.63) is 63.9 Å². The lowest BCUT2D eigenvalue weighted by Crippen LogP contribution is -2.31. The number of anilines is 1. The number of hydrazone groups is 1. The minimum Gasteiger partial charge on any atom is -0.375 e. The van der Waals surface area contributed by atoms with Crippen molar-refractivity contribution in [2.45, 2.75) is 13.0 Å². The highest BCUT2D eigenvalue weighted by Gasteiger charge is 2.22. The molecule has 1 fully saturated rings. The maximum absolute atomic E-state index is 14.7. The topological polar surface area (TPSA) is 56.9 Å². The van der Waals surface area contributed by atoms with Crippen molar-refractivity contribution < 1.29 is 13.2 Å². The monoisotopic (exact) mass is 455 g/mol. The normalized spacial score (nSPS) is 15.4. The van der Waals surface area contributed by atoms with Crippen LogP contribution >= 0.6 is 23.8 Å². The molecule has 0 aliphatic carbocycles. The fourth-order valence-corrected chi connectivity index (χ4v) is 3.62. The number of rotatable bonds is 5. The van der Waals surface area contributed by atoms with Gasteiger partial charge in [0.1, 0.15) is 5.82 Å². The van der Waals surface area contributed by atoms with E-state index in [1.54, 1.807) is 17.0 Å². The highest BCUT2D eigenvalue weighted by Crippen LogP contribution is 2.26. The lowest BCUT2D eigenvalue weighted by molar-refractivity contribution is 0.281. The number of hydrogen-bond acceptors (Lipinski definition) is 4. The van der Waals surface area contributed by atoms with E-state index in [-0.39, 0.29) is 22.2 Å². The molecule has 3 rings (SSSR count). The Bertz CT molecular complexity index is 936. The van der Waals surface area contributed by atoms with Gasteiger partial charge in [-0.05, 0) is 42.9 Å². The highest BCUT2D eigenvalue weighted by molar-refractivity contribution is 7.80. The summed E-state index contributed by atoms with van der Waals surface area (Å²) < 4.78 is 43.2. The molecule has 0 spiro atoms. The second kappa shape index (κ2) is 10.1. The maximum atomic E-state index is 14.7. The summed E-state index contributed by atoms with van der Waals surface area (Å²) in [5.41, 5.74) is 8.13. The first-order valence-electron chi connectivity index (χ1n) is 9.33. The standard InChI is InChI=1S/C20H21ClF3N5S/c21-15-3-1-4-16(22)14(15)12-28-7-2-8-29(10-9-28)17-6-5-13(18(23)19(17)24)11-26-27-20(25)30/h1,3-6,11H,2,7-10,12H2,(H3,25,27,30)/b26-11+. The van der Waals surface area contributed by atoms with Gasteiger partial charge in [-0.3, -0.25) is 10.3 Å². The van der Waals surface area contributed by atoms with Gasteiger partial charge in [0, 0.05) is 48.9 Å². The summed E-state index contributed by atoms with van der Waals surface area (Å²) in [6.07, 6.45) is 1.83. The summed E-state index contributed by atoms with van der Waals surface area (Å²) >= 11 is 10.7. The van der Waals surface area contributed by atoms with Gasteiger partial charge < -0.3 is 10.6 Å². The van der Waals surface area contributed by atoms with Crippen molar-refractivity contribution in [3.8, 4) is 0 Å². The molecular weight excluding hydrogens is 435 g/mol. The van der Waals surface area contributed by atoms with E-state index in [0.29, 0.717) is 49.7 Å². The third-order valence-electron chi connectivity index (χ3n) is 4.84. The van der Waals surface area contributed by atoms with E-state index >= 15 is 0 Å². The van der Waals surface area contributed by atoms with Gasteiger partial charge in [0.15, 0.2) is 16.7 Å². The van der Waals surface area contributed by atoms with Crippen LogP contribution in [-0.2, 0) is 6.54 Å². The van der Waals surface area contributed by atoms with Crippen molar-refractivity contribution in [1.82, 2.24) is 10.3 Å². The minimum absolute atomic E-state index is 0.0226. The van der Waals surface area contributed by atoms with E-state index < -0.39 is 11.6 Å². The number of nitrogens with two attached hydrogens (primary N) is 1. The molecule has 0 radical (unpaired) electrons. The van der Waals surface area contributed by atoms with Crippen LogP contribution in [0.4, 0.5) is 18.9 Å². The summed E-state index contributed by atoms with van der Waals surface area (Å²) in [7, 11) is 0. The number of halogens is 4. The van der Waals surface area contributed by atoms with Gasteiger partial charge in [-0.2, -0.15) is 5.10 Å². The lowest BCUT2D eigenvalue weighted by Gasteiger charge is -2.24. The second-order valence-electron chi connectivity index (χ2n) is 6.85. The first-order valence-corrected chi connectivity index (χ1v) is 10.1. The lowest BCUT2D eigenvalue weighted by atomic mass is 10.1. The molecule has 1 aliphatic rings. The van der Waals surface area contributed by atoms with Crippen molar-refractivity contribution in [2.24, 2.45) is 10.8 Å². The SMILES string of the molecule is NC(=S)N/N=C/c1ccc(N2CCCN(Cc3c(F)cccc3Cl)CC2)c(F)c1F. The molecule has 0 unspecified atom stereocenters. The molecule has 1 saturated heterocycles. The van der Waals surface area contributed by atoms with Gasteiger partial charge in [-0.1, -0.05) is 17.7 Å². The fraction of sp³-hybridized carbons (Fsp3) is 0.300. The Morgan fingerprint density at radius 1 is 1.13 bits per heavy atom. The van der Waals surface area contributed by atoms with Crippen molar-refractivity contribution in [1.29, 1.82) is 0 Å². The zero-order valence-corrected chi connectivity index (χ0v) is 17.6. The Morgan fingerprint density at radius 3 is 2.67 bits per heavy atom. The third kappa shape index (κ3) is 5.41. The molecule has 0 aromatic heterocycles. The zero-order chi connectivity index (χ0) is 21.7. The Kier molecular flexibility index (Phi) is 7.52. The van der Waals surface area contributed by atoms with Crippen LogP contribution in [0, 0.1) is 17.5 Å².